The zero-order valence-electron chi connectivity index (χ0n) is 10.8. The lowest BCUT2D eigenvalue weighted by Gasteiger charge is -2.23. The van der Waals surface area contributed by atoms with Crippen LogP contribution in [0.3, 0.4) is 0 Å². The van der Waals surface area contributed by atoms with Gasteiger partial charge < -0.3 is 15.1 Å². The maximum Gasteiger partial charge on any atom is 0.323 e. The highest BCUT2D eigenvalue weighted by Gasteiger charge is 2.22. The quantitative estimate of drug-likeness (QED) is 0.853. The van der Waals surface area contributed by atoms with Gasteiger partial charge in [0.25, 0.3) is 5.91 Å². The summed E-state index contributed by atoms with van der Waals surface area (Å²) in [5.74, 6) is -2.91. The predicted octanol–water partition coefficient (Wildman–Crippen LogP) is 1.71. The lowest BCUT2D eigenvalue weighted by molar-refractivity contribution is -0.137. The van der Waals surface area contributed by atoms with E-state index in [1.54, 1.807) is 0 Å². The molecule has 104 valence electrons. The second-order valence-corrected chi connectivity index (χ2v) is 4.64. The Morgan fingerprint density at radius 3 is 2.53 bits per heavy atom. The van der Waals surface area contributed by atoms with Gasteiger partial charge in [0.1, 0.15) is 18.1 Å². The molecule has 0 fully saturated rings. The number of phenols is 1. The van der Waals surface area contributed by atoms with Gasteiger partial charge in [0.15, 0.2) is 0 Å². The Balaban J connectivity index is 3.03. The highest BCUT2D eigenvalue weighted by molar-refractivity contribution is 5.96. The second-order valence-electron chi connectivity index (χ2n) is 4.64. The van der Waals surface area contributed by atoms with Crippen LogP contribution >= 0.6 is 0 Å². The average Bonchev–Trinajstić information content (AvgIpc) is 2.29. The lowest BCUT2D eigenvalue weighted by atomic mass is 10.1. The van der Waals surface area contributed by atoms with Gasteiger partial charge in [-0.2, -0.15) is 0 Å². The number of nitrogens with zero attached hydrogens (tertiary/aromatic N) is 1. The molecule has 0 saturated carbocycles. The summed E-state index contributed by atoms with van der Waals surface area (Å²) >= 11 is 0. The van der Waals surface area contributed by atoms with E-state index in [0.29, 0.717) is 0 Å². The smallest absolute Gasteiger partial charge is 0.323 e. The van der Waals surface area contributed by atoms with E-state index in [4.69, 9.17) is 5.11 Å². The summed E-state index contributed by atoms with van der Waals surface area (Å²) in [7, 11) is 0. The number of hydrogen-bond acceptors (Lipinski definition) is 3. The number of carboxylic acids is 1. The molecule has 0 aliphatic heterocycles. The third kappa shape index (κ3) is 4.24. The van der Waals surface area contributed by atoms with Gasteiger partial charge in [-0.3, -0.25) is 9.59 Å². The molecular formula is C13H16FNO4. The van der Waals surface area contributed by atoms with E-state index in [2.05, 4.69) is 0 Å². The van der Waals surface area contributed by atoms with Crippen molar-refractivity contribution in [3.05, 3.63) is 29.6 Å². The monoisotopic (exact) mass is 269 g/mol. The van der Waals surface area contributed by atoms with E-state index in [1.807, 2.05) is 13.8 Å². The number of carbonyl (C=O) groups is 2. The number of hydrogen-bond donors (Lipinski definition) is 2. The molecule has 0 aliphatic rings. The molecule has 1 aromatic carbocycles. The maximum absolute atomic E-state index is 13.5. The predicted molar refractivity (Wildman–Crippen MR) is 66.4 cm³/mol. The first kappa shape index (κ1) is 14.9. The van der Waals surface area contributed by atoms with Crippen molar-refractivity contribution in [2.75, 3.05) is 13.1 Å². The summed E-state index contributed by atoms with van der Waals surface area (Å²) in [4.78, 5) is 23.9. The summed E-state index contributed by atoms with van der Waals surface area (Å²) in [6, 6.07) is 3.08. The third-order valence-corrected chi connectivity index (χ3v) is 2.38. The SMILES string of the molecule is CC(C)CN(CC(=O)O)C(=O)c1cc(O)ccc1F. The fraction of sp³-hybridized carbons (Fsp3) is 0.385. The molecule has 0 aliphatic carbocycles. The van der Waals surface area contributed by atoms with Crippen molar-refractivity contribution in [2.45, 2.75) is 13.8 Å². The zero-order valence-corrected chi connectivity index (χ0v) is 10.8. The van der Waals surface area contributed by atoms with E-state index < -0.39 is 24.2 Å². The molecule has 0 atom stereocenters. The molecule has 1 amide bonds. The molecule has 0 spiro atoms. The van der Waals surface area contributed by atoms with Crippen LogP contribution in [0.2, 0.25) is 0 Å². The molecule has 0 saturated heterocycles. The Kier molecular flexibility index (Phi) is 4.86. The fourth-order valence-electron chi connectivity index (χ4n) is 1.67. The van der Waals surface area contributed by atoms with Crippen LogP contribution in [0.25, 0.3) is 0 Å². The number of carboxylic acid groups (broad SMARTS) is 1. The van der Waals surface area contributed by atoms with Crippen molar-refractivity contribution in [1.82, 2.24) is 4.90 Å². The van der Waals surface area contributed by atoms with Crippen LogP contribution < -0.4 is 0 Å². The van der Waals surface area contributed by atoms with Gasteiger partial charge in [-0.15, -0.1) is 0 Å². The summed E-state index contributed by atoms with van der Waals surface area (Å²) in [6.07, 6.45) is 0. The van der Waals surface area contributed by atoms with Gasteiger partial charge in [-0.25, -0.2) is 4.39 Å². The molecule has 0 bridgehead atoms. The van der Waals surface area contributed by atoms with E-state index in [9.17, 15) is 19.1 Å². The van der Waals surface area contributed by atoms with Crippen LogP contribution in [0, 0.1) is 11.7 Å². The number of aliphatic carboxylic acids is 1. The molecule has 19 heavy (non-hydrogen) atoms. The van der Waals surface area contributed by atoms with Crippen LogP contribution in [-0.4, -0.2) is 40.1 Å². The number of amides is 1. The van der Waals surface area contributed by atoms with Gasteiger partial charge in [0.2, 0.25) is 0 Å². The van der Waals surface area contributed by atoms with E-state index in [1.165, 1.54) is 0 Å². The van der Waals surface area contributed by atoms with E-state index in [0.717, 1.165) is 23.1 Å². The molecule has 0 aromatic heterocycles. The Morgan fingerprint density at radius 2 is 2.00 bits per heavy atom. The Hall–Kier alpha value is -2.11. The minimum absolute atomic E-state index is 0.0451. The Bertz CT molecular complexity index is 488. The Morgan fingerprint density at radius 1 is 1.37 bits per heavy atom. The van der Waals surface area contributed by atoms with Crippen LogP contribution in [0.5, 0.6) is 5.75 Å². The standard InChI is InChI=1S/C13H16FNO4/c1-8(2)6-15(7-12(17)18)13(19)10-5-9(16)3-4-11(10)14/h3-5,8,16H,6-7H2,1-2H3,(H,17,18). The van der Waals surface area contributed by atoms with Crippen LogP contribution in [0.15, 0.2) is 18.2 Å². The van der Waals surface area contributed by atoms with Crippen LogP contribution in [-0.2, 0) is 4.79 Å². The number of halogens is 1. The number of benzene rings is 1. The van der Waals surface area contributed by atoms with Gasteiger partial charge in [0.05, 0.1) is 5.56 Å². The lowest BCUT2D eigenvalue weighted by Crippen LogP contribution is -2.38. The summed E-state index contributed by atoms with van der Waals surface area (Å²) in [6.45, 7) is 3.33. The van der Waals surface area contributed by atoms with Crippen molar-refractivity contribution in [3.8, 4) is 5.75 Å². The summed E-state index contributed by atoms with van der Waals surface area (Å²) < 4.78 is 13.5. The van der Waals surface area contributed by atoms with Gasteiger partial charge >= 0.3 is 5.97 Å². The number of aromatic hydroxyl groups is 1. The number of rotatable bonds is 5. The minimum atomic E-state index is -1.17. The van der Waals surface area contributed by atoms with Crippen LogP contribution in [0.1, 0.15) is 24.2 Å². The first-order valence-electron chi connectivity index (χ1n) is 5.81. The van der Waals surface area contributed by atoms with E-state index in [-0.39, 0.29) is 23.8 Å². The largest absolute Gasteiger partial charge is 0.508 e. The maximum atomic E-state index is 13.5. The molecule has 2 N–H and O–H groups in total. The topological polar surface area (TPSA) is 77.8 Å². The molecule has 0 radical (unpaired) electrons. The average molecular weight is 269 g/mol. The minimum Gasteiger partial charge on any atom is -0.508 e. The Labute approximate surface area is 110 Å². The van der Waals surface area contributed by atoms with Crippen molar-refractivity contribution < 1.29 is 24.2 Å². The summed E-state index contributed by atoms with van der Waals surface area (Å²) in [5, 5.41) is 18.1. The van der Waals surface area contributed by atoms with Crippen molar-refractivity contribution in [3.63, 3.8) is 0 Å². The molecule has 0 heterocycles. The number of phenolic OH excluding ortho intramolecular Hbond substituents is 1. The molecular weight excluding hydrogens is 253 g/mol. The third-order valence-electron chi connectivity index (χ3n) is 2.38. The normalized spacial score (nSPS) is 10.5. The molecule has 1 aromatic rings. The fourth-order valence-corrected chi connectivity index (χ4v) is 1.67. The molecule has 5 nitrogen and oxygen atoms in total. The first-order valence-corrected chi connectivity index (χ1v) is 5.81. The first-order chi connectivity index (χ1) is 8.81. The molecule has 1 rings (SSSR count). The highest BCUT2D eigenvalue weighted by Crippen LogP contribution is 2.17. The van der Waals surface area contributed by atoms with E-state index >= 15 is 0 Å². The van der Waals surface area contributed by atoms with Crippen LogP contribution in [0.4, 0.5) is 4.39 Å². The van der Waals surface area contributed by atoms with Crippen molar-refractivity contribution in [1.29, 1.82) is 0 Å². The zero-order chi connectivity index (χ0) is 14.6. The molecule has 6 heteroatoms. The van der Waals surface area contributed by atoms with Crippen molar-refractivity contribution in [2.24, 2.45) is 5.92 Å². The second kappa shape index (κ2) is 6.17. The van der Waals surface area contributed by atoms with Gasteiger partial charge in [-0.1, -0.05) is 13.8 Å². The van der Waals surface area contributed by atoms with Gasteiger partial charge in [-0.05, 0) is 24.1 Å². The number of carbonyl (C=O) groups excluding carboxylic acids is 1. The van der Waals surface area contributed by atoms with Gasteiger partial charge in [0, 0.05) is 6.54 Å². The summed E-state index contributed by atoms with van der Waals surface area (Å²) in [5.41, 5.74) is -0.332. The molecule has 0 unspecified atom stereocenters. The van der Waals surface area contributed by atoms with Crippen molar-refractivity contribution >= 4 is 11.9 Å². The highest BCUT2D eigenvalue weighted by atomic mass is 19.1.